The molecule has 7 saturated heterocycles. The van der Waals surface area contributed by atoms with Crippen molar-refractivity contribution in [2.75, 3.05) is 189 Å². The number of carbonyl (C=O) groups excluding carboxylic acids is 1. The molecule has 11 aliphatic rings. The summed E-state index contributed by atoms with van der Waals surface area (Å²) in [5.41, 5.74) is 22.5. The van der Waals surface area contributed by atoms with Crippen molar-refractivity contribution in [2.45, 2.75) is 149 Å². The number of anilines is 5. The van der Waals surface area contributed by atoms with Crippen molar-refractivity contribution < 1.29 is 43.8 Å². The number of fused-ring (bicyclic) bond motifs is 7. The van der Waals surface area contributed by atoms with Crippen molar-refractivity contribution in [3.8, 4) is 73.5 Å². The Hall–Kier alpha value is -14.0. The Morgan fingerprint density at radius 3 is 1.14 bits per heavy atom. The number of nitrogens with zero attached hydrogens (tertiary/aromatic N) is 27. The van der Waals surface area contributed by atoms with Gasteiger partial charge in [0.2, 0.25) is 35.6 Å². The van der Waals surface area contributed by atoms with Crippen molar-refractivity contribution in [2.24, 2.45) is 11.8 Å². The van der Waals surface area contributed by atoms with Crippen molar-refractivity contribution in [1.82, 2.24) is 107 Å². The highest BCUT2D eigenvalue weighted by atomic mass is 16.5. The number of aromatic nitrogens is 20. The summed E-state index contributed by atoms with van der Waals surface area (Å²) in [6.45, 7) is 31.4. The Labute approximate surface area is 848 Å². The van der Waals surface area contributed by atoms with Gasteiger partial charge in [-0.1, -0.05) is 111 Å². The molecule has 1 amide bonds. The van der Waals surface area contributed by atoms with Gasteiger partial charge in [0.25, 0.3) is 0 Å². The number of ether oxygens (including phenoxy) is 5. The van der Waals surface area contributed by atoms with Crippen LogP contribution in [-0.2, 0) is 47.9 Å². The average molecular weight is 1970 g/mol. The second kappa shape index (κ2) is 43.7. The SMILES string of the molecule is CC(C1CC1)n1cnc2c(-c3cccc(O)c3)nc(N3CCOCC3)nc21.CC(C1CC1)n1cnc2c(-c3cccc4c3C=CC4)nc(N3CCOCC3)nc21.CCC(C)n1cnc2c(-c3cccc(O)c3)nc(N3CCOCC3)nc21.CCCC(=O)N1CCC(n2cnc3c(-c4cccc5c4C=CC5)nc(N4CCOCC4)nc32)CC1.Oc1cccc(-c2nc(N3CCOCC3)nc3c2ncn3CCN2CCCC2)c1. The van der Waals surface area contributed by atoms with Crippen LogP contribution in [0.5, 0.6) is 17.2 Å². The second-order valence-corrected chi connectivity index (χ2v) is 39.7. The fourth-order valence-corrected chi connectivity index (χ4v) is 21.2. The van der Waals surface area contributed by atoms with E-state index in [0.29, 0.717) is 101 Å². The number of allylic oxidation sites excluding steroid dienone is 2. The molecule has 0 bridgehead atoms. The Kier molecular flexibility index (Phi) is 29.0. The molecule has 9 fully saturated rings. The summed E-state index contributed by atoms with van der Waals surface area (Å²) in [5.74, 6) is 5.98. The third kappa shape index (κ3) is 20.9. The van der Waals surface area contributed by atoms with Crippen molar-refractivity contribution in [3.63, 3.8) is 0 Å². The van der Waals surface area contributed by atoms with Gasteiger partial charge in [-0.2, -0.15) is 24.9 Å². The Balaban J connectivity index is 0.000000104. The number of rotatable bonds is 22. The lowest BCUT2D eigenvalue weighted by Crippen LogP contribution is -2.39. The number of morpholine rings is 5. The number of aromatic hydroxyl groups is 3. The molecule has 146 heavy (non-hydrogen) atoms. The highest BCUT2D eigenvalue weighted by Gasteiger charge is 2.36. The summed E-state index contributed by atoms with van der Waals surface area (Å²) in [4.78, 5) is 101. The molecule has 5 aromatic carbocycles. The number of phenols is 3. The molecule has 10 aromatic heterocycles. The molecule has 2 saturated carbocycles. The van der Waals surface area contributed by atoms with Gasteiger partial charge in [-0.15, -0.1) is 0 Å². The molecule has 17 heterocycles. The van der Waals surface area contributed by atoms with Gasteiger partial charge < -0.3 is 96.1 Å². The molecule has 4 aliphatic carbocycles. The van der Waals surface area contributed by atoms with Crippen LogP contribution in [0.25, 0.3) is 124 Å². The van der Waals surface area contributed by atoms with Crippen LogP contribution in [-0.4, -0.2) is 293 Å². The molecule has 758 valence electrons. The molecule has 3 unspecified atom stereocenters. The monoisotopic (exact) mass is 1970 g/mol. The molecule has 36 heteroatoms. The van der Waals surface area contributed by atoms with Crippen LogP contribution in [0.4, 0.5) is 29.7 Å². The lowest BCUT2D eigenvalue weighted by atomic mass is 10.00. The molecule has 26 rings (SSSR count). The lowest BCUT2D eigenvalue weighted by Gasteiger charge is -2.33. The minimum atomic E-state index is 0.212. The third-order valence-corrected chi connectivity index (χ3v) is 30.1. The maximum absolute atomic E-state index is 12.4. The zero-order valence-electron chi connectivity index (χ0n) is 84.0. The van der Waals surface area contributed by atoms with Gasteiger partial charge in [0.15, 0.2) is 28.2 Å². The van der Waals surface area contributed by atoms with Crippen LogP contribution in [0, 0.1) is 11.8 Å². The highest BCUT2D eigenvalue weighted by molar-refractivity contribution is 5.96. The number of piperidine rings is 1. The first kappa shape index (κ1) is 96.7. The first-order valence-electron chi connectivity index (χ1n) is 52.5. The predicted molar refractivity (Wildman–Crippen MR) is 565 cm³/mol. The second-order valence-electron chi connectivity index (χ2n) is 39.7. The number of phenolic OH excluding ortho intramolecular Hbond substituents is 3. The molecule has 36 nitrogen and oxygen atoms in total. The first-order valence-corrected chi connectivity index (χ1v) is 52.5. The summed E-state index contributed by atoms with van der Waals surface area (Å²) in [6, 6.07) is 35.8. The van der Waals surface area contributed by atoms with Crippen LogP contribution in [0.1, 0.15) is 152 Å². The summed E-state index contributed by atoms with van der Waals surface area (Å²) in [7, 11) is 0. The number of hydrogen-bond acceptors (Lipinski definition) is 30. The number of carbonyl (C=O) groups is 1. The van der Waals surface area contributed by atoms with Crippen molar-refractivity contribution in [3.05, 3.63) is 175 Å². The average Bonchev–Trinajstić information content (AvgIpc) is 1.59. The van der Waals surface area contributed by atoms with Gasteiger partial charge in [-0.25, -0.2) is 49.8 Å². The van der Waals surface area contributed by atoms with Gasteiger partial charge in [0.05, 0.1) is 97.7 Å². The Morgan fingerprint density at radius 1 is 0.377 bits per heavy atom. The van der Waals surface area contributed by atoms with E-state index in [9.17, 15) is 20.1 Å². The van der Waals surface area contributed by atoms with Gasteiger partial charge in [0, 0.05) is 150 Å². The summed E-state index contributed by atoms with van der Waals surface area (Å²) >= 11 is 0. The van der Waals surface area contributed by atoms with Crippen LogP contribution < -0.4 is 24.5 Å². The molecule has 7 aliphatic heterocycles. The minimum Gasteiger partial charge on any atom is -0.508 e. The zero-order valence-corrected chi connectivity index (χ0v) is 84.0. The number of benzene rings is 5. The highest BCUT2D eigenvalue weighted by Crippen LogP contribution is 2.46. The van der Waals surface area contributed by atoms with E-state index in [1.807, 2.05) is 72.9 Å². The number of likely N-dealkylation sites (tertiary alicyclic amines) is 2. The first-order chi connectivity index (χ1) is 71.7. The standard InChI is InChI=1S/C27H32N6O2.C23H25N5O.C21H26N6O2.C20H23N5O2.C19H23N5O2/c1-2-5-23(34)31-12-10-20(11-13-31)33-18-28-25-24(22-9-4-7-19-6-3-8-21(19)22)29-27(30-26(25)33)32-14-16-35-17-15-32;1-15(16-8-9-16)28-14-24-21-20(19-7-3-5-17-4-2-6-18(17)19)25-23(26-22(21)28)27-10-12-29-13-11-27;28-17-5-3-4-16(14-17)18-19-20(24-21(23-18)26-10-12-29-13-11-26)27(15-22-19)9-8-25-6-1-2-7-25;1-13(14-5-6-14)25-12-21-18-17(15-3-2-4-16(26)11-15)22-20(23-19(18)25)24-7-9-27-10-8-24;1-3-13(2)24-12-20-17-16(14-5-4-6-15(25)11-14)21-19(22-18(17)24)23-7-9-26-10-8-23/h3-4,7-9,18,20H,2,5-6,10-17H2,1H3;2-3,5-7,14-16H,4,8-13H2,1H3;3-5,14-15,28H,1-2,6-13H2;2-4,11-14,26H,5-10H2,1H3;4-6,11-13,25H,3,7-10H2,1-2H3. The van der Waals surface area contributed by atoms with E-state index in [1.54, 1.807) is 36.4 Å². The van der Waals surface area contributed by atoms with E-state index in [1.165, 1.54) is 73.9 Å². The van der Waals surface area contributed by atoms with Gasteiger partial charge in [-0.05, 0) is 181 Å². The Morgan fingerprint density at radius 2 is 0.733 bits per heavy atom. The van der Waals surface area contributed by atoms with E-state index < -0.39 is 0 Å². The maximum atomic E-state index is 12.4. The largest absolute Gasteiger partial charge is 0.508 e. The lowest BCUT2D eigenvalue weighted by molar-refractivity contribution is -0.132. The molecular formula is C110H129N27O9. The van der Waals surface area contributed by atoms with Crippen LogP contribution in [0.15, 0.2) is 153 Å². The third-order valence-electron chi connectivity index (χ3n) is 30.1. The van der Waals surface area contributed by atoms with E-state index >= 15 is 0 Å². The van der Waals surface area contributed by atoms with Gasteiger partial charge >= 0.3 is 0 Å². The van der Waals surface area contributed by atoms with E-state index in [0.717, 1.165) is 273 Å². The summed E-state index contributed by atoms with van der Waals surface area (Å²) in [5, 5.41) is 29.8. The molecular weight excluding hydrogens is 1840 g/mol. The summed E-state index contributed by atoms with van der Waals surface area (Å²) in [6.07, 6.45) is 32.3. The van der Waals surface area contributed by atoms with Crippen LogP contribution in [0.3, 0.4) is 0 Å². The minimum absolute atomic E-state index is 0.212. The van der Waals surface area contributed by atoms with E-state index in [-0.39, 0.29) is 29.2 Å². The molecule has 3 N–H and O–H groups in total. The number of hydrogen-bond donors (Lipinski definition) is 3. The molecule has 3 atom stereocenters. The summed E-state index contributed by atoms with van der Waals surface area (Å²) < 4.78 is 38.5. The van der Waals surface area contributed by atoms with E-state index in [4.69, 9.17) is 83.5 Å². The normalized spacial score (nSPS) is 18.3. The quantitative estimate of drug-likeness (QED) is 0.0567. The molecule has 0 radical (unpaired) electrons. The topological polar surface area (TPSA) is 365 Å². The van der Waals surface area contributed by atoms with Gasteiger partial charge in [0.1, 0.15) is 73.3 Å². The van der Waals surface area contributed by atoms with Crippen molar-refractivity contribution in [1.29, 1.82) is 0 Å². The fourth-order valence-electron chi connectivity index (χ4n) is 21.2. The number of amides is 1. The smallest absolute Gasteiger partial charge is 0.228 e. The predicted octanol–water partition coefficient (Wildman–Crippen LogP) is 15.9. The number of imidazole rings is 5. The fraction of sp³-hybridized carbons (Fsp3) is 0.455. The maximum Gasteiger partial charge on any atom is 0.228 e. The van der Waals surface area contributed by atoms with Gasteiger partial charge in [-0.3, -0.25) is 4.79 Å². The van der Waals surface area contributed by atoms with Crippen LogP contribution >= 0.6 is 0 Å². The van der Waals surface area contributed by atoms with Crippen molar-refractivity contribution >= 4 is 104 Å². The molecule has 15 aromatic rings. The zero-order chi connectivity index (χ0) is 99.3. The Bertz CT molecular complexity index is 7220. The molecule has 0 spiro atoms. The van der Waals surface area contributed by atoms with E-state index in [2.05, 4.69) is 163 Å². The van der Waals surface area contributed by atoms with Crippen LogP contribution in [0.2, 0.25) is 0 Å².